The van der Waals surface area contributed by atoms with Gasteiger partial charge in [0.25, 0.3) is 6.33 Å². The van der Waals surface area contributed by atoms with Gasteiger partial charge in [0.15, 0.2) is 0 Å². The van der Waals surface area contributed by atoms with Crippen LogP contribution in [0.5, 0.6) is 0 Å². The van der Waals surface area contributed by atoms with E-state index in [-0.39, 0.29) is 0 Å². The van der Waals surface area contributed by atoms with Crippen molar-refractivity contribution in [1.29, 1.82) is 0 Å². The first-order valence-corrected chi connectivity index (χ1v) is 18.0. The van der Waals surface area contributed by atoms with Gasteiger partial charge < -0.3 is 0 Å². The standard InChI is InChI=1S/C27H36N2.C13H16.ClH.Pd/c1-18(2)22-11-9-12-23(19(3)4)26(22)28-15-16-29(17-28)27-24(20(5)6)13-10-14-25(27)21(7)8;1-13(2,3)12-9-8-10-6-4-5-7-11(10)12;;/h9-16,18-21H,1-8H3;4-9,12H,1-3H3;1H;/q;;;+2/p-1. The number of rotatable bonds is 6. The molecule has 1 atom stereocenters. The van der Waals surface area contributed by atoms with Crippen LogP contribution in [0.2, 0.25) is 0 Å². The number of benzene rings is 3. The Bertz CT molecular complexity index is 1400. The third kappa shape index (κ3) is 8.23. The molecular weight excluding hydrogens is 650 g/mol. The molecule has 0 saturated carbocycles. The fourth-order valence-corrected chi connectivity index (χ4v) is 6.15. The Morgan fingerprint density at radius 2 is 1.18 bits per heavy atom. The van der Waals surface area contributed by atoms with Gasteiger partial charge in [-0.05, 0) is 62.5 Å². The van der Waals surface area contributed by atoms with Crippen molar-refractivity contribution in [2.24, 2.45) is 5.41 Å². The Hall–Kier alpha value is -2.44. The molecule has 1 unspecified atom stereocenters. The first-order valence-electron chi connectivity index (χ1n) is 16.0. The van der Waals surface area contributed by atoms with E-state index in [1.54, 1.807) is 0 Å². The molecule has 0 bridgehead atoms. The second-order valence-corrected chi connectivity index (χ2v) is 14.2. The van der Waals surface area contributed by atoms with E-state index in [0.29, 0.717) is 35.0 Å². The van der Waals surface area contributed by atoms with E-state index in [2.05, 4.69) is 205 Å². The quantitative estimate of drug-likeness (QED) is 0.107. The van der Waals surface area contributed by atoms with E-state index in [1.807, 2.05) is 0 Å². The predicted octanol–water partition coefficient (Wildman–Crippen LogP) is 11.6. The second kappa shape index (κ2) is 15.7. The van der Waals surface area contributed by atoms with E-state index in [1.165, 1.54) is 44.8 Å². The van der Waals surface area contributed by atoms with Crippen LogP contribution in [0.15, 0.2) is 79.1 Å². The molecule has 1 heterocycles. The number of allylic oxidation sites excluding steroid dienone is 1. The summed E-state index contributed by atoms with van der Waals surface area (Å²) in [5.74, 6) is 2.43. The molecule has 1 aliphatic carbocycles. The molecule has 0 radical (unpaired) electrons. The topological polar surface area (TPSA) is 8.81 Å². The fraction of sp³-hybridized carbons (Fsp3) is 0.425. The van der Waals surface area contributed by atoms with Crippen LogP contribution in [0, 0.1) is 11.7 Å². The minimum atomic E-state index is 0.336. The van der Waals surface area contributed by atoms with E-state index < -0.39 is 0 Å². The van der Waals surface area contributed by atoms with Crippen molar-refractivity contribution in [3.8, 4) is 11.4 Å². The van der Waals surface area contributed by atoms with Gasteiger partial charge in [0, 0.05) is 18.3 Å². The summed E-state index contributed by atoms with van der Waals surface area (Å²) in [6.07, 6.45) is 12.5. The molecule has 0 saturated heterocycles. The molecule has 238 valence electrons. The van der Waals surface area contributed by atoms with Crippen LogP contribution in [0.3, 0.4) is 0 Å². The van der Waals surface area contributed by atoms with Gasteiger partial charge >= 0.3 is 27.7 Å². The molecule has 0 fully saturated rings. The molecule has 0 amide bonds. The van der Waals surface area contributed by atoms with Gasteiger partial charge in [-0.1, -0.05) is 149 Å². The Labute approximate surface area is 283 Å². The van der Waals surface area contributed by atoms with E-state index in [4.69, 9.17) is 0 Å². The van der Waals surface area contributed by atoms with Crippen LogP contribution in [0.4, 0.5) is 0 Å². The zero-order chi connectivity index (χ0) is 32.8. The molecule has 0 N–H and O–H groups in total. The van der Waals surface area contributed by atoms with Gasteiger partial charge in [0.1, 0.15) is 0 Å². The van der Waals surface area contributed by atoms with Gasteiger partial charge in [-0.2, -0.15) is 0 Å². The minimum absolute atomic E-state index is 0.336. The first-order chi connectivity index (χ1) is 20.8. The summed E-state index contributed by atoms with van der Waals surface area (Å²) in [7, 11) is 4.49. The first kappa shape index (κ1) is 36.0. The predicted molar refractivity (Wildman–Crippen MR) is 186 cm³/mol. The zero-order valence-corrected chi connectivity index (χ0v) is 30.9. The van der Waals surface area contributed by atoms with Crippen LogP contribution in [-0.2, 0) is 18.2 Å². The summed E-state index contributed by atoms with van der Waals surface area (Å²) in [5.41, 5.74) is 11.3. The van der Waals surface area contributed by atoms with Crippen molar-refractivity contribution in [1.82, 2.24) is 4.57 Å². The monoisotopic (exact) mass is 701 g/mol. The number of nitrogens with zero attached hydrogens (tertiary/aromatic N) is 2. The van der Waals surface area contributed by atoms with Crippen LogP contribution in [0.1, 0.15) is 139 Å². The number of aromatic nitrogens is 2. The number of para-hydroxylation sites is 2. The van der Waals surface area contributed by atoms with E-state index in [0.717, 1.165) is 0 Å². The normalized spacial score (nSPS) is 14.1. The summed E-state index contributed by atoms with van der Waals surface area (Å²) in [6.45, 7) is 25.0. The summed E-state index contributed by atoms with van der Waals surface area (Å²) >= 11 is 2.22. The molecule has 4 heteroatoms. The van der Waals surface area contributed by atoms with Gasteiger partial charge in [0.05, 0.1) is 11.4 Å². The Balaban J connectivity index is 0.000000292. The number of hydrogen-bond acceptors (Lipinski definition) is 0. The average molecular weight is 703 g/mol. The Kier molecular flexibility index (Phi) is 12.9. The molecule has 1 aliphatic rings. The molecule has 0 spiro atoms. The molecule has 44 heavy (non-hydrogen) atoms. The molecular formula is C40H52ClN2Pd+. The van der Waals surface area contributed by atoms with Crippen molar-refractivity contribution in [2.75, 3.05) is 0 Å². The van der Waals surface area contributed by atoms with Crippen LogP contribution in [-0.4, -0.2) is 4.57 Å². The number of fused-ring (bicyclic) bond motifs is 1. The van der Waals surface area contributed by atoms with Gasteiger partial charge in [-0.15, -0.1) is 0 Å². The second-order valence-electron chi connectivity index (χ2n) is 14.2. The van der Waals surface area contributed by atoms with Crippen molar-refractivity contribution in [3.05, 3.63) is 119 Å². The Morgan fingerprint density at radius 3 is 1.66 bits per heavy atom. The summed E-state index contributed by atoms with van der Waals surface area (Å²) in [5, 5.41) is 0. The molecule has 1 aromatic heterocycles. The number of halogens is 1. The van der Waals surface area contributed by atoms with Crippen LogP contribution < -0.4 is 4.57 Å². The van der Waals surface area contributed by atoms with Crippen LogP contribution in [0.25, 0.3) is 17.5 Å². The zero-order valence-electron chi connectivity index (χ0n) is 28.6. The third-order valence-electron chi connectivity index (χ3n) is 8.48. The molecule has 2 nitrogen and oxygen atoms in total. The summed E-state index contributed by atoms with van der Waals surface area (Å²) < 4.78 is 4.40. The Morgan fingerprint density at radius 1 is 0.705 bits per heavy atom. The third-order valence-corrected chi connectivity index (χ3v) is 8.48. The summed E-state index contributed by atoms with van der Waals surface area (Å²) in [6, 6.07) is 22.1. The van der Waals surface area contributed by atoms with Gasteiger partial charge in [0.2, 0.25) is 0 Å². The fourth-order valence-electron chi connectivity index (χ4n) is 6.15. The number of hydrogen-bond donors (Lipinski definition) is 0. The summed E-state index contributed by atoms with van der Waals surface area (Å²) in [4.78, 5) is 0. The van der Waals surface area contributed by atoms with Crippen LogP contribution >= 0.6 is 9.53 Å². The average Bonchev–Trinajstić information content (AvgIpc) is 3.65. The van der Waals surface area contributed by atoms with Crippen molar-refractivity contribution in [2.45, 2.75) is 106 Å². The maximum atomic E-state index is 4.49. The van der Waals surface area contributed by atoms with E-state index in [9.17, 15) is 0 Å². The van der Waals surface area contributed by atoms with Crippen molar-refractivity contribution < 1.29 is 22.7 Å². The van der Waals surface area contributed by atoms with Crippen molar-refractivity contribution >= 4 is 15.6 Å². The van der Waals surface area contributed by atoms with Gasteiger partial charge in [-0.25, -0.2) is 0 Å². The molecule has 0 aliphatic heterocycles. The number of imidazole rings is 1. The molecule has 3 aromatic carbocycles. The van der Waals surface area contributed by atoms with E-state index >= 15 is 0 Å². The molecule has 5 rings (SSSR count). The SMILES string of the molecule is CC(C)(C)C1C=Cc2ccccc21.CC(C)c1cccc(C(C)C)c1-n1[c-][n+](-c2c(C(C)C)cccc2C(C)C)cc1.[Cl][Pd+]. The van der Waals surface area contributed by atoms with Crippen molar-refractivity contribution in [3.63, 3.8) is 0 Å². The molecule has 4 aromatic rings. The maximum absolute atomic E-state index is 4.49. The van der Waals surface area contributed by atoms with Gasteiger partial charge in [-0.3, -0.25) is 9.13 Å².